The van der Waals surface area contributed by atoms with Crippen LogP contribution in [0.2, 0.25) is 0 Å². The van der Waals surface area contributed by atoms with Gasteiger partial charge in [0, 0.05) is 0 Å². The summed E-state index contributed by atoms with van der Waals surface area (Å²) in [7, 11) is 0. The summed E-state index contributed by atoms with van der Waals surface area (Å²) >= 11 is 0. The van der Waals surface area contributed by atoms with Crippen LogP contribution in [0.15, 0.2) is 0 Å². The molecular formula is C5H11NO2. The Labute approximate surface area is 48.5 Å². The van der Waals surface area contributed by atoms with Crippen molar-refractivity contribution < 1.29 is 9.90 Å². The highest BCUT2D eigenvalue weighted by atomic mass is 16.4. The Morgan fingerprint density at radius 1 is 1.62 bits per heavy atom. The van der Waals surface area contributed by atoms with Crippen LogP contribution in [-0.2, 0) is 4.79 Å². The molecule has 1 atom stereocenters. The first-order valence-electron chi connectivity index (χ1n) is 2.54. The highest BCUT2D eigenvalue weighted by Gasteiger charge is 2.14. The molecule has 0 aliphatic rings. The SMILES string of the molecule is CC(C)[11C@H](N)C(=O)O. The van der Waals surface area contributed by atoms with Gasteiger partial charge >= 0.3 is 5.97 Å². The van der Waals surface area contributed by atoms with Crippen molar-refractivity contribution in [3.8, 4) is 0 Å². The Bertz CT molecular complexity index is 90.4. The molecule has 0 aromatic rings. The van der Waals surface area contributed by atoms with Gasteiger partial charge in [-0.2, -0.15) is 0 Å². The van der Waals surface area contributed by atoms with Crippen LogP contribution < -0.4 is 5.73 Å². The van der Waals surface area contributed by atoms with Crippen LogP contribution in [0, 0.1) is 5.92 Å². The van der Waals surface area contributed by atoms with Crippen LogP contribution >= 0.6 is 0 Å². The molecule has 0 rings (SSSR count). The van der Waals surface area contributed by atoms with Crippen molar-refractivity contribution in [2.75, 3.05) is 0 Å². The Morgan fingerprint density at radius 2 is 2.00 bits per heavy atom. The molecule has 0 aromatic carbocycles. The summed E-state index contributed by atoms with van der Waals surface area (Å²) in [5, 5.41) is 8.23. The highest BCUT2D eigenvalue weighted by Crippen LogP contribution is 1.96. The van der Waals surface area contributed by atoms with E-state index in [9.17, 15) is 4.79 Å². The van der Waals surface area contributed by atoms with Gasteiger partial charge in [-0.05, 0) is 5.92 Å². The second-order valence-electron chi connectivity index (χ2n) is 2.11. The van der Waals surface area contributed by atoms with Crippen molar-refractivity contribution in [3.05, 3.63) is 0 Å². The van der Waals surface area contributed by atoms with E-state index in [1.54, 1.807) is 13.8 Å². The minimum absolute atomic E-state index is 0.0208. The lowest BCUT2D eigenvalue weighted by atomic mass is 9.65. The van der Waals surface area contributed by atoms with Gasteiger partial charge in [0.2, 0.25) is 0 Å². The summed E-state index contributed by atoms with van der Waals surface area (Å²) in [5.74, 6) is -0.910. The smallest absolute Gasteiger partial charge is 0.320 e. The summed E-state index contributed by atoms with van der Waals surface area (Å²) in [5.41, 5.74) is 5.16. The summed E-state index contributed by atoms with van der Waals surface area (Å²) < 4.78 is 0. The lowest BCUT2D eigenvalue weighted by Crippen LogP contribution is -2.34. The molecule has 3 N–H and O–H groups in total. The van der Waals surface area contributed by atoms with E-state index in [4.69, 9.17) is 10.8 Å². The van der Waals surface area contributed by atoms with Gasteiger partial charge in [0.1, 0.15) is 6.04 Å². The molecule has 0 aliphatic heterocycles. The fraction of sp³-hybridized carbons (Fsp3) is 0.800. The van der Waals surface area contributed by atoms with Crippen molar-refractivity contribution in [2.24, 2.45) is 11.7 Å². The molecule has 0 radical (unpaired) electrons. The molecule has 0 unspecified atom stereocenters. The Kier molecular flexibility index (Phi) is 2.48. The zero-order chi connectivity index (χ0) is 6.73. The van der Waals surface area contributed by atoms with E-state index in [2.05, 4.69) is 0 Å². The maximum atomic E-state index is 10.0. The van der Waals surface area contributed by atoms with Gasteiger partial charge in [0.05, 0.1) is 0 Å². The first-order chi connectivity index (χ1) is 3.55. The molecule has 0 saturated heterocycles. The quantitative estimate of drug-likeness (QED) is 0.536. The van der Waals surface area contributed by atoms with Gasteiger partial charge in [0.15, 0.2) is 0 Å². The fourth-order valence-corrected chi connectivity index (χ4v) is 0.285. The van der Waals surface area contributed by atoms with Crippen LogP contribution in [0.5, 0.6) is 0 Å². The van der Waals surface area contributed by atoms with Crippen molar-refractivity contribution in [1.29, 1.82) is 0 Å². The largest absolute Gasteiger partial charge is 0.480 e. The van der Waals surface area contributed by atoms with Gasteiger partial charge < -0.3 is 10.8 Å². The zero-order valence-electron chi connectivity index (χ0n) is 5.09. The van der Waals surface area contributed by atoms with Gasteiger partial charge in [-0.3, -0.25) is 4.79 Å². The lowest BCUT2D eigenvalue weighted by molar-refractivity contribution is -0.139. The number of nitrogens with two attached hydrogens (primary N) is 1. The molecular weight excluding hydrogens is 105 g/mol. The fourth-order valence-electron chi connectivity index (χ4n) is 0.285. The minimum atomic E-state index is -0.931. The molecule has 0 saturated carbocycles. The lowest BCUT2D eigenvalue weighted by Gasteiger charge is -2.07. The highest BCUT2D eigenvalue weighted by molar-refractivity contribution is 5.73. The first-order valence-corrected chi connectivity index (χ1v) is 2.54. The molecule has 48 valence electrons. The molecule has 8 heavy (non-hydrogen) atoms. The van der Waals surface area contributed by atoms with Crippen LogP contribution in [0.1, 0.15) is 13.8 Å². The molecule has 0 spiro atoms. The molecule has 0 aromatic heterocycles. The standard InChI is InChI=1S/C5H11NO2/c1-3(2)4(6)5(7)8/h3-4H,6H2,1-2H3,(H,7,8)/t4-/m0/s1/i4-1. The molecule has 0 aliphatic carbocycles. The van der Waals surface area contributed by atoms with Crippen molar-refractivity contribution in [2.45, 2.75) is 19.9 Å². The Hall–Kier alpha value is -0.570. The number of carboxylic acid groups (broad SMARTS) is 1. The predicted molar refractivity (Wildman–Crippen MR) is 30.4 cm³/mol. The maximum absolute atomic E-state index is 10.0. The van der Waals surface area contributed by atoms with Gasteiger partial charge in [-0.25, -0.2) is 0 Å². The van der Waals surface area contributed by atoms with Gasteiger partial charge in [-0.1, -0.05) is 13.8 Å². The van der Waals surface area contributed by atoms with Gasteiger partial charge in [-0.15, -0.1) is 0 Å². The normalized spacial score (nSPS) is 14.0. The Morgan fingerprint density at radius 3 is 2.00 bits per heavy atom. The van der Waals surface area contributed by atoms with Crippen molar-refractivity contribution >= 4 is 5.97 Å². The Balaban J connectivity index is 3.64. The molecule has 0 amide bonds. The summed E-state index contributed by atoms with van der Waals surface area (Å²) in [6.07, 6.45) is 0. The molecule has 3 heteroatoms. The molecule has 3 nitrogen and oxygen atoms in total. The predicted octanol–water partition coefficient (Wildman–Crippen LogP) is 0.0543. The molecule has 0 heterocycles. The molecule has 0 bridgehead atoms. The number of hydrogen-bond acceptors (Lipinski definition) is 2. The third-order valence-electron chi connectivity index (χ3n) is 1.00. The van der Waals surface area contributed by atoms with E-state index in [0.29, 0.717) is 0 Å². The van der Waals surface area contributed by atoms with Crippen LogP contribution in [0.4, 0.5) is 0 Å². The zero-order valence-corrected chi connectivity index (χ0v) is 5.09. The second-order valence-corrected chi connectivity index (χ2v) is 2.11. The summed E-state index contributed by atoms with van der Waals surface area (Å²) in [6, 6.07) is -0.713. The van der Waals surface area contributed by atoms with Crippen LogP contribution in [0.3, 0.4) is 0 Å². The summed E-state index contributed by atoms with van der Waals surface area (Å²) in [6.45, 7) is 3.55. The van der Waals surface area contributed by atoms with Crippen molar-refractivity contribution in [3.63, 3.8) is 0 Å². The monoisotopic (exact) mass is 116 g/mol. The molecule has 0 fully saturated rings. The van der Waals surface area contributed by atoms with E-state index < -0.39 is 12.0 Å². The van der Waals surface area contributed by atoms with E-state index in [1.807, 2.05) is 0 Å². The summed E-state index contributed by atoms with van der Waals surface area (Å²) in [4.78, 5) is 10.0. The average molecular weight is 116 g/mol. The topological polar surface area (TPSA) is 63.3 Å². The second kappa shape index (κ2) is 2.67. The van der Waals surface area contributed by atoms with E-state index in [-0.39, 0.29) is 5.92 Å². The number of carbonyl (C=O) groups is 1. The third-order valence-corrected chi connectivity index (χ3v) is 1.00. The van der Waals surface area contributed by atoms with Crippen molar-refractivity contribution in [1.82, 2.24) is 0 Å². The van der Waals surface area contributed by atoms with E-state index in [0.717, 1.165) is 0 Å². The first kappa shape index (κ1) is 7.43. The minimum Gasteiger partial charge on any atom is -0.480 e. The number of rotatable bonds is 2. The van der Waals surface area contributed by atoms with E-state index in [1.165, 1.54) is 0 Å². The van der Waals surface area contributed by atoms with Gasteiger partial charge in [0.25, 0.3) is 0 Å². The maximum Gasteiger partial charge on any atom is 0.320 e. The number of hydrogen-bond donors (Lipinski definition) is 2. The number of aliphatic carboxylic acids is 1. The average Bonchev–Trinajstić information content (AvgIpc) is 1.64. The van der Waals surface area contributed by atoms with Crippen LogP contribution in [-0.4, -0.2) is 17.1 Å². The van der Waals surface area contributed by atoms with Crippen LogP contribution in [0.25, 0.3) is 0 Å². The number of carboxylic acids is 1. The van der Waals surface area contributed by atoms with E-state index >= 15 is 0 Å². The third kappa shape index (κ3) is 1.93.